The number of cyclic esters (lactones) is 4. The van der Waals surface area contributed by atoms with Crippen LogP contribution >= 0.6 is 0 Å². The molecule has 2 aliphatic heterocycles. The van der Waals surface area contributed by atoms with E-state index >= 15 is 0 Å². The maximum atomic E-state index is 10.9. The zero-order valence-electron chi connectivity index (χ0n) is 12.6. The van der Waals surface area contributed by atoms with E-state index < -0.39 is 41.4 Å². The average molecular weight is 302 g/mol. The quantitative estimate of drug-likeness (QED) is 0.475. The van der Waals surface area contributed by atoms with Crippen molar-refractivity contribution in [1.82, 2.24) is 0 Å². The Labute approximate surface area is 121 Å². The summed E-state index contributed by atoms with van der Waals surface area (Å²) in [6.45, 7) is 7.53. The van der Waals surface area contributed by atoms with Crippen LogP contribution in [0.1, 0.15) is 41.0 Å². The third-order valence-corrected chi connectivity index (χ3v) is 2.41. The molecule has 2 rings (SSSR count). The Balaban J connectivity index is 0.000000211. The second kappa shape index (κ2) is 5.71. The molecule has 8 heteroatoms. The Morgan fingerprint density at radius 2 is 1.10 bits per heavy atom. The van der Waals surface area contributed by atoms with Crippen molar-refractivity contribution in [2.75, 3.05) is 0 Å². The molecular weight excluding hydrogens is 284 g/mol. The fourth-order valence-corrected chi connectivity index (χ4v) is 1.54. The van der Waals surface area contributed by atoms with Gasteiger partial charge in [-0.05, 0) is 6.92 Å². The lowest BCUT2D eigenvalue weighted by Gasteiger charge is -2.31. The summed E-state index contributed by atoms with van der Waals surface area (Å²) in [6, 6.07) is 0. The molecule has 2 fully saturated rings. The van der Waals surface area contributed by atoms with Crippen molar-refractivity contribution in [3.8, 4) is 0 Å². The molecule has 0 N–H and O–H groups in total. The molecule has 2 saturated heterocycles. The van der Waals surface area contributed by atoms with Gasteiger partial charge >= 0.3 is 23.9 Å². The Hall–Kier alpha value is -2.12. The lowest BCUT2D eigenvalue weighted by Crippen LogP contribution is -2.45. The summed E-state index contributed by atoms with van der Waals surface area (Å²) >= 11 is 0. The number of rotatable bonds is 0. The number of hydrogen-bond acceptors (Lipinski definition) is 8. The minimum Gasteiger partial charge on any atom is -0.423 e. The van der Waals surface area contributed by atoms with Gasteiger partial charge in [-0.2, -0.15) is 0 Å². The molecule has 8 nitrogen and oxygen atoms in total. The normalized spacial score (nSPS) is 23.9. The van der Waals surface area contributed by atoms with Crippen LogP contribution in [0.15, 0.2) is 0 Å². The van der Waals surface area contributed by atoms with Crippen LogP contribution in [0, 0.1) is 5.92 Å². The molecule has 21 heavy (non-hydrogen) atoms. The van der Waals surface area contributed by atoms with Crippen molar-refractivity contribution in [1.29, 1.82) is 0 Å². The molecule has 0 aromatic carbocycles. The standard InChI is InChI=1S/C7H10O4.C6H8O4/c1-4-5(8)10-7(2,3)11-6(4)9;1-6(2)9-4(7)3-5(8)10-6/h4H,1-3H3;3H2,1-2H3. The third-order valence-electron chi connectivity index (χ3n) is 2.41. The molecule has 2 aliphatic rings. The Morgan fingerprint density at radius 3 is 1.43 bits per heavy atom. The first kappa shape index (κ1) is 16.9. The van der Waals surface area contributed by atoms with Crippen molar-refractivity contribution in [3.63, 3.8) is 0 Å². The molecule has 0 spiro atoms. The SMILES string of the molecule is CC1(C)OC(=O)CC(=O)O1.CC1C(=O)OC(C)(C)OC1=O. The van der Waals surface area contributed by atoms with Gasteiger partial charge in [0, 0.05) is 27.7 Å². The number of carbonyl (C=O) groups excluding carboxylic acids is 4. The fourth-order valence-electron chi connectivity index (χ4n) is 1.54. The van der Waals surface area contributed by atoms with Gasteiger partial charge in [0.1, 0.15) is 6.42 Å². The monoisotopic (exact) mass is 302 g/mol. The minimum atomic E-state index is -1.10. The Bertz CT molecular complexity index is 439. The molecule has 0 saturated carbocycles. The van der Waals surface area contributed by atoms with Crippen LogP contribution in [0.25, 0.3) is 0 Å². The van der Waals surface area contributed by atoms with Crippen molar-refractivity contribution in [2.24, 2.45) is 5.92 Å². The van der Waals surface area contributed by atoms with Gasteiger partial charge in [-0.1, -0.05) is 0 Å². The highest BCUT2D eigenvalue weighted by Crippen LogP contribution is 2.22. The lowest BCUT2D eigenvalue weighted by atomic mass is 10.1. The fraction of sp³-hybridized carbons (Fsp3) is 0.692. The maximum absolute atomic E-state index is 10.9. The van der Waals surface area contributed by atoms with E-state index in [-0.39, 0.29) is 6.42 Å². The number of ether oxygens (including phenoxy) is 4. The predicted octanol–water partition coefficient (Wildman–Crippen LogP) is 0.671. The van der Waals surface area contributed by atoms with E-state index in [9.17, 15) is 19.2 Å². The smallest absolute Gasteiger partial charge is 0.323 e. The number of hydrogen-bond donors (Lipinski definition) is 0. The molecule has 0 radical (unpaired) electrons. The van der Waals surface area contributed by atoms with Crippen LogP contribution in [0.4, 0.5) is 0 Å². The van der Waals surface area contributed by atoms with Crippen molar-refractivity contribution < 1.29 is 38.1 Å². The average Bonchev–Trinajstić information content (AvgIpc) is 2.21. The van der Waals surface area contributed by atoms with Gasteiger partial charge in [-0.3, -0.25) is 19.2 Å². The van der Waals surface area contributed by atoms with E-state index in [0.717, 1.165) is 0 Å². The van der Waals surface area contributed by atoms with Crippen LogP contribution in [0.2, 0.25) is 0 Å². The van der Waals surface area contributed by atoms with Crippen LogP contribution < -0.4 is 0 Å². The summed E-state index contributed by atoms with van der Waals surface area (Å²) in [5.74, 6) is -5.06. The lowest BCUT2D eigenvalue weighted by molar-refractivity contribution is -0.239. The number of carbonyl (C=O) groups is 4. The van der Waals surface area contributed by atoms with Gasteiger partial charge in [0.25, 0.3) is 11.6 Å². The largest absolute Gasteiger partial charge is 0.423 e. The molecule has 0 aromatic rings. The summed E-state index contributed by atoms with van der Waals surface area (Å²) < 4.78 is 18.9. The van der Waals surface area contributed by atoms with E-state index in [2.05, 4.69) is 9.47 Å². The molecule has 0 aromatic heterocycles. The molecule has 0 aliphatic carbocycles. The summed E-state index contributed by atoms with van der Waals surface area (Å²) in [5, 5.41) is 0. The molecule has 0 amide bonds. The van der Waals surface area contributed by atoms with E-state index in [4.69, 9.17) is 9.47 Å². The summed E-state index contributed by atoms with van der Waals surface area (Å²) in [7, 11) is 0. The van der Waals surface area contributed by atoms with Crippen molar-refractivity contribution >= 4 is 23.9 Å². The van der Waals surface area contributed by atoms with Crippen molar-refractivity contribution in [3.05, 3.63) is 0 Å². The van der Waals surface area contributed by atoms with Crippen LogP contribution in [-0.2, 0) is 38.1 Å². The Kier molecular flexibility index (Phi) is 4.60. The Morgan fingerprint density at radius 1 is 0.762 bits per heavy atom. The van der Waals surface area contributed by atoms with Gasteiger partial charge < -0.3 is 18.9 Å². The first-order chi connectivity index (χ1) is 9.42. The second-order valence-corrected chi connectivity index (χ2v) is 5.49. The van der Waals surface area contributed by atoms with Crippen molar-refractivity contribution in [2.45, 2.75) is 52.6 Å². The van der Waals surface area contributed by atoms with E-state index in [1.54, 1.807) is 0 Å². The van der Waals surface area contributed by atoms with Gasteiger partial charge in [-0.15, -0.1) is 0 Å². The first-order valence-corrected chi connectivity index (χ1v) is 6.31. The van der Waals surface area contributed by atoms with Gasteiger partial charge in [0.05, 0.1) is 0 Å². The molecule has 0 unspecified atom stereocenters. The van der Waals surface area contributed by atoms with Crippen LogP contribution in [-0.4, -0.2) is 35.5 Å². The highest BCUT2D eigenvalue weighted by molar-refractivity contribution is 5.96. The maximum Gasteiger partial charge on any atom is 0.323 e. The van der Waals surface area contributed by atoms with E-state index in [1.165, 1.54) is 34.6 Å². The van der Waals surface area contributed by atoms with E-state index in [1.807, 2.05) is 0 Å². The van der Waals surface area contributed by atoms with Gasteiger partial charge in [0.2, 0.25) is 0 Å². The molecule has 0 bridgehead atoms. The zero-order valence-corrected chi connectivity index (χ0v) is 12.6. The van der Waals surface area contributed by atoms with Gasteiger partial charge in [-0.25, -0.2) is 0 Å². The summed E-state index contributed by atoms with van der Waals surface area (Å²) in [5.41, 5.74) is 0. The summed E-state index contributed by atoms with van der Waals surface area (Å²) in [6.07, 6.45) is -0.274. The highest BCUT2D eigenvalue weighted by Gasteiger charge is 2.40. The molecular formula is C13H18O8. The highest BCUT2D eigenvalue weighted by atomic mass is 16.7. The molecule has 2 heterocycles. The number of esters is 4. The molecule has 118 valence electrons. The topological polar surface area (TPSA) is 105 Å². The summed E-state index contributed by atoms with van der Waals surface area (Å²) in [4.78, 5) is 42.9. The first-order valence-electron chi connectivity index (χ1n) is 6.31. The van der Waals surface area contributed by atoms with Gasteiger partial charge in [0.15, 0.2) is 5.92 Å². The van der Waals surface area contributed by atoms with Crippen LogP contribution in [0.3, 0.4) is 0 Å². The van der Waals surface area contributed by atoms with E-state index in [0.29, 0.717) is 0 Å². The second-order valence-electron chi connectivity index (χ2n) is 5.49. The molecule has 0 atom stereocenters. The predicted molar refractivity (Wildman–Crippen MR) is 66.3 cm³/mol. The third kappa shape index (κ3) is 5.05. The van der Waals surface area contributed by atoms with Crippen LogP contribution in [0.5, 0.6) is 0 Å². The zero-order chi connectivity index (χ0) is 16.4. The minimum absolute atomic E-state index is 0.274.